The first-order chi connectivity index (χ1) is 16.4. The molecule has 7 nitrogen and oxygen atoms in total. The molecule has 2 aliphatic rings. The van der Waals surface area contributed by atoms with Crippen molar-refractivity contribution in [3.8, 4) is 0 Å². The summed E-state index contributed by atoms with van der Waals surface area (Å²) in [5.74, 6) is -0.0104. The largest absolute Gasteiger partial charge is 0.388 e. The van der Waals surface area contributed by atoms with Gasteiger partial charge in [0, 0.05) is 50.2 Å². The van der Waals surface area contributed by atoms with Crippen molar-refractivity contribution in [2.24, 2.45) is 0 Å². The van der Waals surface area contributed by atoms with Crippen LogP contribution < -0.4 is 4.90 Å². The van der Waals surface area contributed by atoms with E-state index in [0.29, 0.717) is 24.5 Å². The van der Waals surface area contributed by atoms with Crippen LogP contribution in [-0.4, -0.2) is 66.4 Å². The average molecular weight is 467 g/mol. The van der Waals surface area contributed by atoms with Gasteiger partial charge in [-0.15, -0.1) is 0 Å². The van der Waals surface area contributed by atoms with E-state index in [1.165, 1.54) is 12.1 Å². The van der Waals surface area contributed by atoms with Gasteiger partial charge in [0.25, 0.3) is 0 Å². The second-order valence-electron chi connectivity index (χ2n) is 9.60. The van der Waals surface area contributed by atoms with Crippen molar-refractivity contribution in [1.82, 2.24) is 15.0 Å². The lowest BCUT2D eigenvalue weighted by atomic mass is 9.91. The number of carbonyl (C=O) groups is 1. The normalized spacial score (nSPS) is 17.8. The number of hydrogen-bond donors (Lipinski definition) is 1. The topological polar surface area (TPSA) is 73.1 Å². The molecule has 34 heavy (non-hydrogen) atoms. The SMILES string of the molecule is CN(C)C(=O)N1CCc2cc(C(O)CCN3CCC(c4noc5cc(F)ccc45)CC3)ccc21. The summed E-state index contributed by atoms with van der Waals surface area (Å²) < 4.78 is 18.8. The number of fused-ring (bicyclic) bond motifs is 2. The van der Waals surface area contributed by atoms with E-state index in [1.54, 1.807) is 30.0 Å². The number of nitrogens with zero attached hydrogens (tertiary/aromatic N) is 4. The summed E-state index contributed by atoms with van der Waals surface area (Å²) in [5, 5.41) is 15.9. The molecule has 0 radical (unpaired) electrons. The van der Waals surface area contributed by atoms with Gasteiger partial charge in [0.05, 0.1) is 11.8 Å². The molecular weight excluding hydrogens is 435 g/mol. The summed E-state index contributed by atoms with van der Waals surface area (Å²) >= 11 is 0. The average Bonchev–Trinajstić information content (AvgIpc) is 3.45. The summed E-state index contributed by atoms with van der Waals surface area (Å²) in [7, 11) is 3.52. The second-order valence-corrected chi connectivity index (χ2v) is 9.60. The molecule has 1 unspecified atom stereocenters. The summed E-state index contributed by atoms with van der Waals surface area (Å²) in [6.45, 7) is 3.36. The van der Waals surface area contributed by atoms with Crippen LogP contribution >= 0.6 is 0 Å². The highest BCUT2D eigenvalue weighted by Crippen LogP contribution is 2.34. The number of carbonyl (C=O) groups excluding carboxylic acids is 1. The first kappa shape index (κ1) is 22.8. The molecule has 3 heterocycles. The monoisotopic (exact) mass is 466 g/mol. The predicted octanol–water partition coefficient (Wildman–Crippen LogP) is 4.31. The van der Waals surface area contributed by atoms with Gasteiger partial charge in [-0.1, -0.05) is 17.3 Å². The predicted molar refractivity (Wildman–Crippen MR) is 129 cm³/mol. The van der Waals surface area contributed by atoms with Crippen LogP contribution in [0.3, 0.4) is 0 Å². The first-order valence-electron chi connectivity index (χ1n) is 12.0. The van der Waals surface area contributed by atoms with E-state index in [0.717, 1.165) is 66.8 Å². The highest BCUT2D eigenvalue weighted by Gasteiger charge is 2.28. The van der Waals surface area contributed by atoms with E-state index in [1.807, 2.05) is 18.2 Å². The van der Waals surface area contributed by atoms with Gasteiger partial charge in [-0.25, -0.2) is 9.18 Å². The van der Waals surface area contributed by atoms with Crippen LogP contribution in [0.4, 0.5) is 14.9 Å². The molecule has 0 spiro atoms. The zero-order chi connectivity index (χ0) is 23.8. The Morgan fingerprint density at radius 3 is 2.76 bits per heavy atom. The second kappa shape index (κ2) is 9.35. The zero-order valence-corrected chi connectivity index (χ0v) is 19.7. The van der Waals surface area contributed by atoms with Gasteiger partial charge in [0.15, 0.2) is 5.58 Å². The Morgan fingerprint density at radius 2 is 2.00 bits per heavy atom. The molecule has 5 rings (SSSR count). The molecular formula is C26H31FN4O3. The lowest BCUT2D eigenvalue weighted by Gasteiger charge is -2.31. The van der Waals surface area contributed by atoms with E-state index in [4.69, 9.17) is 4.52 Å². The Kier molecular flexibility index (Phi) is 6.27. The van der Waals surface area contributed by atoms with E-state index in [2.05, 4.69) is 10.1 Å². The molecule has 1 atom stereocenters. The summed E-state index contributed by atoms with van der Waals surface area (Å²) in [5.41, 5.74) is 4.40. The highest BCUT2D eigenvalue weighted by atomic mass is 19.1. The number of rotatable bonds is 5. The Labute approximate surface area is 198 Å². The number of halogens is 1. The number of anilines is 1. The van der Waals surface area contributed by atoms with Gasteiger partial charge >= 0.3 is 6.03 Å². The number of aliphatic hydroxyl groups excluding tert-OH is 1. The number of amides is 2. The van der Waals surface area contributed by atoms with Crippen LogP contribution in [0.5, 0.6) is 0 Å². The van der Waals surface area contributed by atoms with Crippen molar-refractivity contribution in [2.45, 2.75) is 37.7 Å². The lowest BCUT2D eigenvalue weighted by Crippen LogP contribution is -2.38. The third-order valence-corrected chi connectivity index (χ3v) is 7.15. The van der Waals surface area contributed by atoms with E-state index in [-0.39, 0.29) is 11.8 Å². The van der Waals surface area contributed by atoms with Crippen LogP contribution in [0.15, 0.2) is 40.9 Å². The van der Waals surface area contributed by atoms with Crippen molar-refractivity contribution in [1.29, 1.82) is 0 Å². The third-order valence-electron chi connectivity index (χ3n) is 7.15. The smallest absolute Gasteiger partial charge is 0.323 e. The van der Waals surface area contributed by atoms with Crippen LogP contribution in [0.1, 0.15) is 48.1 Å². The van der Waals surface area contributed by atoms with Crippen LogP contribution in [0.25, 0.3) is 11.0 Å². The molecule has 0 bridgehead atoms. The number of likely N-dealkylation sites (tertiary alicyclic amines) is 1. The first-order valence-corrected chi connectivity index (χ1v) is 12.0. The summed E-state index contributed by atoms with van der Waals surface area (Å²) in [6.07, 6.45) is 2.87. The quantitative estimate of drug-likeness (QED) is 0.607. The number of urea groups is 1. The molecule has 8 heteroatoms. The summed E-state index contributed by atoms with van der Waals surface area (Å²) in [6, 6.07) is 10.5. The molecule has 2 aromatic carbocycles. The van der Waals surface area contributed by atoms with Crippen molar-refractivity contribution in [2.75, 3.05) is 45.2 Å². The molecule has 2 aliphatic heterocycles. The van der Waals surface area contributed by atoms with Gasteiger partial charge in [-0.3, -0.25) is 4.90 Å². The minimum atomic E-state index is -0.531. The zero-order valence-electron chi connectivity index (χ0n) is 19.7. The molecule has 1 N–H and O–H groups in total. The fourth-order valence-electron chi connectivity index (χ4n) is 5.20. The highest BCUT2D eigenvalue weighted by molar-refractivity contribution is 5.94. The van der Waals surface area contributed by atoms with E-state index in [9.17, 15) is 14.3 Å². The molecule has 180 valence electrons. The maximum Gasteiger partial charge on any atom is 0.323 e. The van der Waals surface area contributed by atoms with Crippen LogP contribution in [-0.2, 0) is 6.42 Å². The number of hydrogen-bond acceptors (Lipinski definition) is 5. The molecule has 1 saturated heterocycles. The van der Waals surface area contributed by atoms with Crippen molar-refractivity contribution in [3.63, 3.8) is 0 Å². The molecule has 0 saturated carbocycles. The maximum atomic E-state index is 13.4. The van der Waals surface area contributed by atoms with Gasteiger partial charge in [-0.2, -0.15) is 0 Å². The number of benzene rings is 2. The van der Waals surface area contributed by atoms with Crippen molar-refractivity contribution >= 4 is 22.7 Å². The van der Waals surface area contributed by atoms with Gasteiger partial charge < -0.3 is 19.4 Å². The fraction of sp³-hybridized carbons (Fsp3) is 0.462. The molecule has 0 aliphatic carbocycles. The van der Waals surface area contributed by atoms with Crippen LogP contribution in [0, 0.1) is 5.82 Å². The van der Waals surface area contributed by atoms with Crippen molar-refractivity contribution < 1.29 is 18.8 Å². The Bertz CT molecular complexity index is 1190. The molecule has 2 amide bonds. The molecule has 1 aromatic heterocycles. The van der Waals surface area contributed by atoms with Gasteiger partial charge in [-0.05, 0) is 68.1 Å². The molecule has 3 aromatic rings. The van der Waals surface area contributed by atoms with E-state index < -0.39 is 6.10 Å². The fourth-order valence-corrected chi connectivity index (χ4v) is 5.20. The van der Waals surface area contributed by atoms with Crippen molar-refractivity contribution in [3.05, 3.63) is 59.0 Å². The lowest BCUT2D eigenvalue weighted by molar-refractivity contribution is 0.130. The Balaban J connectivity index is 1.15. The minimum Gasteiger partial charge on any atom is -0.388 e. The maximum absolute atomic E-state index is 13.4. The third kappa shape index (κ3) is 4.40. The molecule has 1 fully saturated rings. The van der Waals surface area contributed by atoms with E-state index >= 15 is 0 Å². The van der Waals surface area contributed by atoms with Gasteiger partial charge in [0.1, 0.15) is 5.82 Å². The standard InChI is InChI=1S/C26H31FN4O3/c1-29(2)26(33)31-14-9-18-15-19(3-6-22(18)31)23(32)10-13-30-11-7-17(8-12-30)25-21-5-4-20(27)16-24(21)34-28-25/h3-6,15-17,23,32H,7-14H2,1-2H3. The summed E-state index contributed by atoms with van der Waals surface area (Å²) in [4.78, 5) is 18.1. The Morgan fingerprint density at radius 1 is 1.21 bits per heavy atom. The number of aliphatic hydroxyl groups is 1. The van der Waals surface area contributed by atoms with Crippen LogP contribution in [0.2, 0.25) is 0 Å². The van der Waals surface area contributed by atoms with Gasteiger partial charge in [0.2, 0.25) is 0 Å². The number of piperidine rings is 1. The Hall–Kier alpha value is -2.97. The number of aromatic nitrogens is 1. The minimum absolute atomic E-state index is 0.0127.